The Hall–Kier alpha value is -2.24. The Kier molecular flexibility index (Phi) is 8.42. The van der Waals surface area contributed by atoms with Crippen molar-refractivity contribution in [2.75, 3.05) is 14.2 Å². The number of aldehydes is 1. The maximum absolute atomic E-state index is 11.9. The molecular formula is C20H31NO5. The number of methoxy groups -OCH3 is 2. The molecule has 0 radical (unpaired) electrons. The van der Waals surface area contributed by atoms with Crippen LogP contribution in [0.25, 0.3) is 0 Å². The summed E-state index contributed by atoms with van der Waals surface area (Å²) >= 11 is 0. The lowest BCUT2D eigenvalue weighted by molar-refractivity contribution is -0.107. The SMILES string of the molecule is COc1cc(CC(C)NC(=O)OC(C)(C)C)c(OC)cc1CCCC=O. The minimum absolute atomic E-state index is 0.135. The number of ether oxygens (including phenoxy) is 3. The third kappa shape index (κ3) is 7.33. The van der Waals surface area contributed by atoms with Gasteiger partial charge in [-0.1, -0.05) is 0 Å². The number of benzene rings is 1. The Labute approximate surface area is 156 Å². The highest BCUT2D eigenvalue weighted by Crippen LogP contribution is 2.31. The van der Waals surface area contributed by atoms with Gasteiger partial charge < -0.3 is 24.3 Å². The zero-order valence-corrected chi connectivity index (χ0v) is 16.7. The van der Waals surface area contributed by atoms with Gasteiger partial charge in [-0.05, 0) is 70.2 Å². The summed E-state index contributed by atoms with van der Waals surface area (Å²) in [6.45, 7) is 7.39. The summed E-state index contributed by atoms with van der Waals surface area (Å²) < 4.78 is 16.3. The van der Waals surface area contributed by atoms with Gasteiger partial charge in [0.05, 0.1) is 14.2 Å². The van der Waals surface area contributed by atoms with Gasteiger partial charge in [-0.15, -0.1) is 0 Å². The van der Waals surface area contributed by atoms with Crippen molar-refractivity contribution in [3.8, 4) is 11.5 Å². The summed E-state index contributed by atoms with van der Waals surface area (Å²) in [7, 11) is 3.24. The molecule has 1 aromatic rings. The van der Waals surface area contributed by atoms with Crippen LogP contribution < -0.4 is 14.8 Å². The molecule has 1 unspecified atom stereocenters. The van der Waals surface area contributed by atoms with E-state index in [1.54, 1.807) is 14.2 Å². The van der Waals surface area contributed by atoms with Crippen LogP contribution in [-0.2, 0) is 22.4 Å². The summed E-state index contributed by atoms with van der Waals surface area (Å²) in [5, 5.41) is 2.83. The predicted molar refractivity (Wildman–Crippen MR) is 101 cm³/mol. The lowest BCUT2D eigenvalue weighted by atomic mass is 10.00. The molecule has 1 N–H and O–H groups in total. The smallest absolute Gasteiger partial charge is 0.407 e. The molecule has 0 saturated heterocycles. The standard InChI is InChI=1S/C20H31NO5/c1-14(21-19(23)26-20(2,3)4)11-16-13-17(24-5)15(9-7-8-10-22)12-18(16)25-6/h10,12-14H,7-9,11H2,1-6H3,(H,21,23). The molecule has 146 valence electrons. The number of hydrogen-bond acceptors (Lipinski definition) is 5. The van der Waals surface area contributed by atoms with E-state index in [1.165, 1.54) is 0 Å². The Bertz CT molecular complexity index is 607. The number of amides is 1. The predicted octanol–water partition coefficient (Wildman–Crippen LogP) is 3.68. The lowest BCUT2D eigenvalue weighted by Crippen LogP contribution is -2.38. The average Bonchev–Trinajstić information content (AvgIpc) is 2.53. The second kappa shape index (κ2) is 10.0. The van der Waals surface area contributed by atoms with Gasteiger partial charge in [-0.2, -0.15) is 0 Å². The summed E-state index contributed by atoms with van der Waals surface area (Å²) in [6.07, 6.45) is 3.07. The monoisotopic (exact) mass is 365 g/mol. The van der Waals surface area contributed by atoms with Crippen LogP contribution in [0.15, 0.2) is 12.1 Å². The molecule has 1 atom stereocenters. The van der Waals surface area contributed by atoms with Gasteiger partial charge in [0, 0.05) is 12.5 Å². The third-order valence-electron chi connectivity index (χ3n) is 3.74. The van der Waals surface area contributed by atoms with Crippen molar-refractivity contribution in [2.24, 2.45) is 0 Å². The first-order valence-electron chi connectivity index (χ1n) is 8.87. The molecule has 0 spiro atoms. The van der Waals surface area contributed by atoms with E-state index in [0.717, 1.165) is 41.8 Å². The lowest BCUT2D eigenvalue weighted by Gasteiger charge is -2.22. The van der Waals surface area contributed by atoms with E-state index in [9.17, 15) is 9.59 Å². The number of rotatable bonds is 9. The van der Waals surface area contributed by atoms with Crippen LogP contribution in [0.2, 0.25) is 0 Å². The minimum atomic E-state index is -0.534. The highest BCUT2D eigenvalue weighted by atomic mass is 16.6. The van der Waals surface area contributed by atoms with Crippen molar-refractivity contribution in [3.63, 3.8) is 0 Å². The van der Waals surface area contributed by atoms with Crippen LogP contribution in [0.1, 0.15) is 51.7 Å². The Morgan fingerprint density at radius 3 is 2.27 bits per heavy atom. The van der Waals surface area contributed by atoms with E-state index in [-0.39, 0.29) is 6.04 Å². The summed E-state index contributed by atoms with van der Waals surface area (Å²) in [5.41, 5.74) is 1.41. The molecule has 6 heteroatoms. The van der Waals surface area contributed by atoms with Crippen LogP contribution in [0.3, 0.4) is 0 Å². The molecule has 0 aliphatic heterocycles. The second-order valence-corrected chi connectivity index (χ2v) is 7.29. The van der Waals surface area contributed by atoms with Crippen LogP contribution in [0.5, 0.6) is 11.5 Å². The molecule has 26 heavy (non-hydrogen) atoms. The van der Waals surface area contributed by atoms with Gasteiger partial charge in [0.15, 0.2) is 0 Å². The fourth-order valence-corrected chi connectivity index (χ4v) is 2.64. The van der Waals surface area contributed by atoms with Gasteiger partial charge in [-0.3, -0.25) is 0 Å². The maximum atomic E-state index is 11.9. The summed E-state index contributed by atoms with van der Waals surface area (Å²) in [4.78, 5) is 22.4. The number of carbonyl (C=O) groups is 2. The fourth-order valence-electron chi connectivity index (χ4n) is 2.64. The number of aryl methyl sites for hydroxylation is 1. The van der Waals surface area contributed by atoms with Crippen molar-refractivity contribution in [3.05, 3.63) is 23.3 Å². The van der Waals surface area contributed by atoms with E-state index < -0.39 is 11.7 Å². The van der Waals surface area contributed by atoms with Crippen LogP contribution in [0, 0.1) is 0 Å². The highest BCUT2D eigenvalue weighted by Gasteiger charge is 2.19. The zero-order chi connectivity index (χ0) is 19.7. The van der Waals surface area contributed by atoms with E-state index in [0.29, 0.717) is 12.8 Å². The van der Waals surface area contributed by atoms with E-state index in [4.69, 9.17) is 14.2 Å². The molecule has 0 aliphatic rings. The number of alkyl carbamates (subject to hydrolysis) is 1. The number of unbranched alkanes of at least 4 members (excludes halogenated alkanes) is 1. The van der Waals surface area contributed by atoms with Crippen molar-refractivity contribution >= 4 is 12.4 Å². The van der Waals surface area contributed by atoms with Crippen molar-refractivity contribution < 1.29 is 23.8 Å². The van der Waals surface area contributed by atoms with Crippen LogP contribution >= 0.6 is 0 Å². The van der Waals surface area contributed by atoms with E-state index >= 15 is 0 Å². The average molecular weight is 365 g/mol. The second-order valence-electron chi connectivity index (χ2n) is 7.29. The molecular weight excluding hydrogens is 334 g/mol. The molecule has 0 heterocycles. The molecule has 1 amide bonds. The number of hydrogen-bond donors (Lipinski definition) is 1. The van der Waals surface area contributed by atoms with Crippen molar-refractivity contribution in [1.82, 2.24) is 5.32 Å². The Morgan fingerprint density at radius 1 is 1.15 bits per heavy atom. The van der Waals surface area contributed by atoms with E-state index in [2.05, 4.69) is 5.32 Å². The van der Waals surface area contributed by atoms with Gasteiger partial charge in [-0.25, -0.2) is 4.79 Å². The molecule has 6 nitrogen and oxygen atoms in total. The molecule has 1 rings (SSSR count). The Morgan fingerprint density at radius 2 is 1.73 bits per heavy atom. The maximum Gasteiger partial charge on any atom is 0.407 e. The van der Waals surface area contributed by atoms with E-state index in [1.807, 2.05) is 39.8 Å². The summed E-state index contributed by atoms with van der Waals surface area (Å²) in [6, 6.07) is 3.74. The first-order valence-corrected chi connectivity index (χ1v) is 8.87. The normalized spacial score (nSPS) is 12.2. The van der Waals surface area contributed by atoms with Gasteiger partial charge >= 0.3 is 6.09 Å². The van der Waals surface area contributed by atoms with Crippen LogP contribution in [0.4, 0.5) is 4.79 Å². The first-order chi connectivity index (χ1) is 12.2. The molecule has 0 aliphatic carbocycles. The number of nitrogens with one attached hydrogen (secondary N) is 1. The molecule has 0 fully saturated rings. The third-order valence-corrected chi connectivity index (χ3v) is 3.74. The quantitative estimate of drug-likeness (QED) is 0.534. The van der Waals surface area contributed by atoms with Gasteiger partial charge in [0.25, 0.3) is 0 Å². The molecule has 0 bridgehead atoms. The zero-order valence-electron chi connectivity index (χ0n) is 16.7. The molecule has 0 saturated carbocycles. The van der Waals surface area contributed by atoms with Gasteiger partial charge in [0.1, 0.15) is 23.4 Å². The summed E-state index contributed by atoms with van der Waals surface area (Å²) in [5.74, 6) is 1.50. The van der Waals surface area contributed by atoms with Gasteiger partial charge in [0.2, 0.25) is 0 Å². The Balaban J connectivity index is 2.87. The van der Waals surface area contributed by atoms with Crippen molar-refractivity contribution in [1.29, 1.82) is 0 Å². The van der Waals surface area contributed by atoms with Crippen LogP contribution in [-0.4, -0.2) is 38.2 Å². The highest BCUT2D eigenvalue weighted by molar-refractivity contribution is 5.68. The first kappa shape index (κ1) is 21.8. The van der Waals surface area contributed by atoms with Crippen molar-refractivity contribution in [2.45, 2.75) is 65.0 Å². The fraction of sp³-hybridized carbons (Fsp3) is 0.600. The molecule has 1 aromatic carbocycles. The topological polar surface area (TPSA) is 73.9 Å². The minimum Gasteiger partial charge on any atom is -0.496 e. The number of carbonyl (C=O) groups excluding carboxylic acids is 2. The largest absolute Gasteiger partial charge is 0.496 e. The molecule has 0 aromatic heterocycles.